The number of hydrogen-bond donors (Lipinski definition) is 1. The number of nitrogens with two attached hydrogens (primary N) is 1. The first-order chi connectivity index (χ1) is 13.0. The van der Waals surface area contributed by atoms with Crippen LogP contribution in [-0.4, -0.2) is 28.1 Å². The van der Waals surface area contributed by atoms with Gasteiger partial charge in [-0.25, -0.2) is 9.07 Å². The fourth-order valence-corrected chi connectivity index (χ4v) is 2.79. The number of benzene rings is 2. The van der Waals surface area contributed by atoms with Crippen LogP contribution in [0.5, 0.6) is 0 Å². The van der Waals surface area contributed by atoms with E-state index >= 15 is 0 Å². The number of rotatable bonds is 6. The Labute approximate surface area is 156 Å². The molecule has 1 heterocycles. The number of amides is 2. The number of carbonyl (C=O) groups is 2. The zero-order valence-corrected chi connectivity index (χ0v) is 14.8. The van der Waals surface area contributed by atoms with Gasteiger partial charge in [0.25, 0.3) is 5.91 Å². The third kappa shape index (κ3) is 4.03. The molecule has 27 heavy (non-hydrogen) atoms. The summed E-state index contributed by atoms with van der Waals surface area (Å²) in [5.74, 6) is -1.26. The zero-order chi connectivity index (χ0) is 19.4. The first-order valence-corrected chi connectivity index (χ1v) is 8.43. The van der Waals surface area contributed by atoms with Gasteiger partial charge < -0.3 is 10.6 Å². The maximum absolute atomic E-state index is 13.3. The molecule has 0 spiro atoms. The molecule has 1 aromatic heterocycles. The Morgan fingerprint density at radius 1 is 1.11 bits per heavy atom. The van der Waals surface area contributed by atoms with Crippen molar-refractivity contribution in [2.24, 2.45) is 5.73 Å². The Kier molecular flexibility index (Phi) is 5.30. The zero-order valence-electron chi connectivity index (χ0n) is 14.8. The van der Waals surface area contributed by atoms with Crippen LogP contribution in [-0.2, 0) is 4.79 Å². The van der Waals surface area contributed by atoms with Gasteiger partial charge in [0.15, 0.2) is 0 Å². The summed E-state index contributed by atoms with van der Waals surface area (Å²) in [5.41, 5.74) is 7.61. The largest absolute Gasteiger partial charge is 0.370 e. The highest BCUT2D eigenvalue weighted by Crippen LogP contribution is 2.21. The van der Waals surface area contributed by atoms with Gasteiger partial charge in [-0.15, -0.1) is 0 Å². The van der Waals surface area contributed by atoms with Crippen LogP contribution in [0.1, 0.15) is 22.5 Å². The van der Waals surface area contributed by atoms with E-state index in [9.17, 15) is 14.0 Å². The Morgan fingerprint density at radius 3 is 2.41 bits per heavy atom. The molecule has 0 aliphatic carbocycles. The number of halogens is 1. The topological polar surface area (TPSA) is 81.2 Å². The molecule has 0 aliphatic heterocycles. The Bertz CT molecular complexity index is 952. The normalized spacial score (nSPS) is 10.6. The minimum atomic E-state index is -0.522. The summed E-state index contributed by atoms with van der Waals surface area (Å²) in [6, 6.07) is 15.0. The standard InChI is InChI=1S/C20H19FN4O2/c1-14-18(13-23-25(14)17-5-3-2-4-6-17)20(27)24(12-11-19(22)26)16-9-7-15(21)8-10-16/h2-10,13H,11-12H2,1H3,(H2,22,26). The molecule has 0 radical (unpaired) electrons. The smallest absolute Gasteiger partial charge is 0.261 e. The van der Waals surface area contributed by atoms with Gasteiger partial charge in [-0.1, -0.05) is 18.2 Å². The molecular weight excluding hydrogens is 347 g/mol. The fraction of sp³-hybridized carbons (Fsp3) is 0.150. The first kappa shape index (κ1) is 18.3. The molecule has 3 aromatic rings. The highest BCUT2D eigenvalue weighted by Gasteiger charge is 2.23. The Balaban J connectivity index is 1.95. The van der Waals surface area contributed by atoms with Crippen molar-refractivity contribution in [2.45, 2.75) is 13.3 Å². The fourth-order valence-electron chi connectivity index (χ4n) is 2.79. The number of nitrogens with zero attached hydrogens (tertiary/aromatic N) is 3. The van der Waals surface area contributed by atoms with Gasteiger partial charge in [0.2, 0.25) is 5.91 Å². The van der Waals surface area contributed by atoms with E-state index in [1.807, 2.05) is 30.3 Å². The van der Waals surface area contributed by atoms with Crippen LogP contribution >= 0.6 is 0 Å². The van der Waals surface area contributed by atoms with E-state index in [-0.39, 0.29) is 18.9 Å². The predicted octanol–water partition coefficient (Wildman–Crippen LogP) is 2.84. The summed E-state index contributed by atoms with van der Waals surface area (Å²) < 4.78 is 14.9. The van der Waals surface area contributed by atoms with Gasteiger partial charge in [-0.05, 0) is 43.3 Å². The number of primary amides is 1. The second-order valence-corrected chi connectivity index (χ2v) is 6.04. The monoisotopic (exact) mass is 366 g/mol. The van der Waals surface area contributed by atoms with Gasteiger partial charge in [0.05, 0.1) is 23.1 Å². The van der Waals surface area contributed by atoms with E-state index in [1.54, 1.807) is 11.6 Å². The molecule has 7 heteroatoms. The molecular formula is C20H19FN4O2. The third-order valence-electron chi connectivity index (χ3n) is 4.21. The van der Waals surface area contributed by atoms with E-state index in [1.165, 1.54) is 35.4 Å². The van der Waals surface area contributed by atoms with Crippen molar-refractivity contribution < 1.29 is 14.0 Å². The van der Waals surface area contributed by atoms with Gasteiger partial charge in [-0.3, -0.25) is 9.59 Å². The molecule has 0 bridgehead atoms. The molecule has 138 valence electrons. The highest BCUT2D eigenvalue weighted by molar-refractivity contribution is 6.07. The van der Waals surface area contributed by atoms with Crippen molar-refractivity contribution in [2.75, 3.05) is 11.4 Å². The van der Waals surface area contributed by atoms with Crippen LogP contribution in [0.4, 0.5) is 10.1 Å². The summed E-state index contributed by atoms with van der Waals surface area (Å²) in [6.07, 6.45) is 1.49. The molecule has 0 saturated heterocycles. The summed E-state index contributed by atoms with van der Waals surface area (Å²) >= 11 is 0. The van der Waals surface area contributed by atoms with E-state index < -0.39 is 11.7 Å². The molecule has 0 fully saturated rings. The van der Waals surface area contributed by atoms with Crippen LogP contribution < -0.4 is 10.6 Å². The molecule has 0 unspecified atom stereocenters. The number of anilines is 1. The van der Waals surface area contributed by atoms with Crippen molar-refractivity contribution in [1.82, 2.24) is 9.78 Å². The molecule has 0 saturated carbocycles. The quantitative estimate of drug-likeness (QED) is 0.728. The Morgan fingerprint density at radius 2 is 1.78 bits per heavy atom. The average Bonchev–Trinajstić information content (AvgIpc) is 3.05. The summed E-state index contributed by atoms with van der Waals surface area (Å²) in [5, 5.41) is 4.31. The molecule has 0 aliphatic rings. The molecule has 2 N–H and O–H groups in total. The highest BCUT2D eigenvalue weighted by atomic mass is 19.1. The SMILES string of the molecule is Cc1c(C(=O)N(CCC(N)=O)c2ccc(F)cc2)cnn1-c1ccccc1. The minimum Gasteiger partial charge on any atom is -0.370 e. The molecule has 6 nitrogen and oxygen atoms in total. The van der Waals surface area contributed by atoms with Crippen LogP contribution in [0, 0.1) is 12.7 Å². The van der Waals surface area contributed by atoms with Crippen LogP contribution in [0.25, 0.3) is 5.69 Å². The van der Waals surface area contributed by atoms with E-state index in [0.717, 1.165) is 5.69 Å². The van der Waals surface area contributed by atoms with Crippen molar-refractivity contribution in [3.63, 3.8) is 0 Å². The third-order valence-corrected chi connectivity index (χ3v) is 4.21. The Hall–Kier alpha value is -3.48. The van der Waals surface area contributed by atoms with Crippen LogP contribution in [0.2, 0.25) is 0 Å². The number of carbonyl (C=O) groups excluding carboxylic acids is 2. The van der Waals surface area contributed by atoms with Gasteiger partial charge in [0.1, 0.15) is 5.82 Å². The van der Waals surface area contributed by atoms with E-state index in [2.05, 4.69) is 5.10 Å². The average molecular weight is 366 g/mol. The maximum Gasteiger partial charge on any atom is 0.261 e. The lowest BCUT2D eigenvalue weighted by Gasteiger charge is -2.22. The molecule has 0 atom stereocenters. The summed E-state index contributed by atoms with van der Waals surface area (Å²) in [6.45, 7) is 1.89. The lowest BCUT2D eigenvalue weighted by atomic mass is 10.2. The first-order valence-electron chi connectivity index (χ1n) is 8.43. The van der Waals surface area contributed by atoms with Crippen molar-refractivity contribution in [3.05, 3.63) is 77.9 Å². The second kappa shape index (κ2) is 7.82. The van der Waals surface area contributed by atoms with Crippen molar-refractivity contribution >= 4 is 17.5 Å². The van der Waals surface area contributed by atoms with Crippen LogP contribution in [0.3, 0.4) is 0 Å². The lowest BCUT2D eigenvalue weighted by Crippen LogP contribution is -2.34. The second-order valence-electron chi connectivity index (χ2n) is 6.04. The number of aromatic nitrogens is 2. The van der Waals surface area contributed by atoms with Crippen molar-refractivity contribution in [1.29, 1.82) is 0 Å². The van der Waals surface area contributed by atoms with E-state index in [0.29, 0.717) is 16.9 Å². The molecule has 2 amide bonds. The van der Waals surface area contributed by atoms with E-state index in [4.69, 9.17) is 5.73 Å². The van der Waals surface area contributed by atoms with Crippen LogP contribution in [0.15, 0.2) is 60.8 Å². The maximum atomic E-state index is 13.3. The molecule has 3 rings (SSSR count). The number of hydrogen-bond acceptors (Lipinski definition) is 3. The van der Waals surface area contributed by atoms with Crippen molar-refractivity contribution in [3.8, 4) is 5.69 Å². The number of para-hydroxylation sites is 1. The van der Waals surface area contributed by atoms with Gasteiger partial charge >= 0.3 is 0 Å². The lowest BCUT2D eigenvalue weighted by molar-refractivity contribution is -0.117. The summed E-state index contributed by atoms with van der Waals surface area (Å²) in [7, 11) is 0. The minimum absolute atomic E-state index is 0.00497. The predicted molar refractivity (Wildman–Crippen MR) is 100 cm³/mol. The molecule has 2 aromatic carbocycles. The van der Waals surface area contributed by atoms with Gasteiger partial charge in [0, 0.05) is 18.7 Å². The summed E-state index contributed by atoms with van der Waals surface area (Å²) in [4.78, 5) is 25.8. The van der Waals surface area contributed by atoms with Gasteiger partial charge in [-0.2, -0.15) is 5.10 Å².